The number of hydrogen-bond donors (Lipinski definition) is 1. The predicted molar refractivity (Wildman–Crippen MR) is 105 cm³/mol. The van der Waals surface area contributed by atoms with Crippen molar-refractivity contribution in [3.63, 3.8) is 0 Å². The highest BCUT2D eigenvalue weighted by atomic mass is 16.5. The number of aryl methyl sites for hydroxylation is 1. The largest absolute Gasteiger partial charge is 0.493 e. The SMILES string of the molecule is C=CCc1ccc(OCC(=O)Nc2cccc(-n3nnnc3C)c2)c(OC)c1. The number of tetrazole rings is 1. The first-order valence-electron chi connectivity index (χ1n) is 8.66. The van der Waals surface area contributed by atoms with Crippen LogP contribution in [0.4, 0.5) is 5.69 Å². The highest BCUT2D eigenvalue weighted by Gasteiger charge is 2.10. The molecule has 8 nitrogen and oxygen atoms in total. The maximum absolute atomic E-state index is 12.3. The van der Waals surface area contributed by atoms with E-state index in [1.165, 1.54) is 0 Å². The summed E-state index contributed by atoms with van der Waals surface area (Å²) >= 11 is 0. The number of aromatic nitrogens is 4. The lowest BCUT2D eigenvalue weighted by Gasteiger charge is -2.12. The van der Waals surface area contributed by atoms with Gasteiger partial charge in [0.1, 0.15) is 0 Å². The van der Waals surface area contributed by atoms with E-state index in [-0.39, 0.29) is 12.5 Å². The average molecular weight is 379 g/mol. The summed E-state index contributed by atoms with van der Waals surface area (Å²) in [5.41, 5.74) is 2.42. The Bertz CT molecular complexity index is 983. The van der Waals surface area contributed by atoms with Crippen LogP contribution >= 0.6 is 0 Å². The van der Waals surface area contributed by atoms with E-state index >= 15 is 0 Å². The van der Waals surface area contributed by atoms with Crippen LogP contribution < -0.4 is 14.8 Å². The van der Waals surface area contributed by atoms with Gasteiger partial charge < -0.3 is 14.8 Å². The van der Waals surface area contributed by atoms with Gasteiger partial charge in [0.2, 0.25) is 0 Å². The van der Waals surface area contributed by atoms with Crippen molar-refractivity contribution >= 4 is 11.6 Å². The van der Waals surface area contributed by atoms with Gasteiger partial charge in [-0.05, 0) is 59.7 Å². The normalized spacial score (nSPS) is 10.4. The third-order valence-electron chi connectivity index (χ3n) is 3.97. The summed E-state index contributed by atoms with van der Waals surface area (Å²) in [5.74, 6) is 1.44. The van der Waals surface area contributed by atoms with E-state index < -0.39 is 0 Å². The van der Waals surface area contributed by atoms with E-state index in [1.807, 2.05) is 30.3 Å². The van der Waals surface area contributed by atoms with Crippen LogP contribution in [0.1, 0.15) is 11.4 Å². The first kappa shape index (κ1) is 19.1. The molecule has 2 aromatic carbocycles. The zero-order valence-corrected chi connectivity index (χ0v) is 15.8. The smallest absolute Gasteiger partial charge is 0.262 e. The summed E-state index contributed by atoms with van der Waals surface area (Å²) < 4.78 is 12.5. The van der Waals surface area contributed by atoms with E-state index in [9.17, 15) is 4.79 Å². The Balaban J connectivity index is 1.64. The summed E-state index contributed by atoms with van der Waals surface area (Å²) in [6, 6.07) is 12.8. The van der Waals surface area contributed by atoms with Crippen molar-refractivity contribution in [3.05, 3.63) is 66.5 Å². The van der Waals surface area contributed by atoms with Crippen LogP contribution in [-0.2, 0) is 11.2 Å². The van der Waals surface area contributed by atoms with E-state index in [1.54, 1.807) is 36.9 Å². The van der Waals surface area contributed by atoms with Crippen LogP contribution in [0.25, 0.3) is 5.69 Å². The molecule has 0 bridgehead atoms. The number of nitrogens with zero attached hydrogens (tertiary/aromatic N) is 4. The number of nitrogens with one attached hydrogen (secondary N) is 1. The Morgan fingerprint density at radius 1 is 1.25 bits per heavy atom. The van der Waals surface area contributed by atoms with Crippen LogP contribution in [0.15, 0.2) is 55.1 Å². The van der Waals surface area contributed by atoms with Gasteiger partial charge in [0.05, 0.1) is 12.8 Å². The molecule has 1 N–H and O–H groups in total. The van der Waals surface area contributed by atoms with Crippen molar-refractivity contribution < 1.29 is 14.3 Å². The third kappa shape index (κ3) is 4.53. The van der Waals surface area contributed by atoms with E-state index in [0.717, 1.165) is 17.7 Å². The average Bonchev–Trinajstić information content (AvgIpc) is 3.13. The molecule has 0 aliphatic carbocycles. The van der Waals surface area contributed by atoms with Crippen molar-refractivity contribution in [3.8, 4) is 17.2 Å². The van der Waals surface area contributed by atoms with Crippen LogP contribution in [0.3, 0.4) is 0 Å². The number of carbonyl (C=O) groups is 1. The molecule has 0 aliphatic heterocycles. The molecule has 0 spiro atoms. The number of carbonyl (C=O) groups excluding carboxylic acids is 1. The predicted octanol–water partition coefficient (Wildman–Crippen LogP) is 2.73. The number of amides is 1. The molecular formula is C20H21N5O3. The maximum Gasteiger partial charge on any atom is 0.262 e. The summed E-state index contributed by atoms with van der Waals surface area (Å²) in [6.07, 6.45) is 2.54. The number of methoxy groups -OCH3 is 1. The van der Waals surface area contributed by atoms with Crippen LogP contribution in [0.2, 0.25) is 0 Å². The Morgan fingerprint density at radius 2 is 2.11 bits per heavy atom. The molecule has 0 atom stereocenters. The quantitative estimate of drug-likeness (QED) is 0.605. The van der Waals surface area contributed by atoms with Crippen molar-refractivity contribution in [2.24, 2.45) is 0 Å². The van der Waals surface area contributed by atoms with Crippen LogP contribution in [0.5, 0.6) is 11.5 Å². The highest BCUT2D eigenvalue weighted by Crippen LogP contribution is 2.28. The van der Waals surface area contributed by atoms with Gasteiger partial charge in [-0.1, -0.05) is 18.2 Å². The fourth-order valence-electron chi connectivity index (χ4n) is 2.65. The lowest BCUT2D eigenvalue weighted by atomic mass is 10.1. The topological polar surface area (TPSA) is 91.2 Å². The molecule has 3 rings (SSSR count). The van der Waals surface area contributed by atoms with Crippen molar-refractivity contribution in [2.45, 2.75) is 13.3 Å². The number of hydrogen-bond acceptors (Lipinski definition) is 6. The van der Waals surface area contributed by atoms with Crippen LogP contribution in [-0.4, -0.2) is 39.8 Å². The summed E-state index contributed by atoms with van der Waals surface area (Å²) in [5, 5.41) is 14.2. The van der Waals surface area contributed by atoms with Gasteiger partial charge in [0, 0.05) is 5.69 Å². The van der Waals surface area contributed by atoms with Gasteiger partial charge in [0.25, 0.3) is 5.91 Å². The van der Waals surface area contributed by atoms with E-state index in [4.69, 9.17) is 9.47 Å². The molecule has 0 radical (unpaired) electrons. The van der Waals surface area contributed by atoms with Crippen molar-refractivity contribution in [1.29, 1.82) is 0 Å². The fourth-order valence-corrected chi connectivity index (χ4v) is 2.65. The molecule has 8 heteroatoms. The molecule has 3 aromatic rings. The first-order valence-corrected chi connectivity index (χ1v) is 8.66. The molecule has 28 heavy (non-hydrogen) atoms. The zero-order chi connectivity index (χ0) is 19.9. The maximum atomic E-state index is 12.3. The minimum Gasteiger partial charge on any atom is -0.493 e. The third-order valence-corrected chi connectivity index (χ3v) is 3.97. The molecule has 0 saturated heterocycles. The van der Waals surface area contributed by atoms with Gasteiger partial charge in [-0.2, -0.15) is 4.68 Å². The standard InChI is InChI=1S/C20H21N5O3/c1-4-6-15-9-10-18(19(11-15)27-3)28-13-20(26)21-16-7-5-8-17(12-16)25-14(2)22-23-24-25/h4-5,7-12H,1,6,13H2,2-3H3,(H,21,26). The Hall–Kier alpha value is -3.68. The number of ether oxygens (including phenoxy) is 2. The lowest BCUT2D eigenvalue weighted by Crippen LogP contribution is -2.20. The zero-order valence-electron chi connectivity index (χ0n) is 15.8. The molecule has 144 valence electrons. The Labute approximate surface area is 162 Å². The minimum atomic E-state index is -0.289. The van der Waals surface area contributed by atoms with Gasteiger partial charge in [-0.25, -0.2) is 0 Å². The summed E-state index contributed by atoms with van der Waals surface area (Å²) in [7, 11) is 1.56. The molecule has 0 aliphatic rings. The monoisotopic (exact) mass is 379 g/mol. The van der Waals surface area contributed by atoms with Gasteiger partial charge in [0.15, 0.2) is 23.9 Å². The minimum absolute atomic E-state index is 0.148. The second-order valence-corrected chi connectivity index (χ2v) is 6.00. The van der Waals surface area contributed by atoms with E-state index in [2.05, 4.69) is 27.4 Å². The summed E-state index contributed by atoms with van der Waals surface area (Å²) in [6.45, 7) is 5.37. The number of benzene rings is 2. The fraction of sp³-hybridized carbons (Fsp3) is 0.200. The molecule has 0 saturated carbocycles. The summed E-state index contributed by atoms with van der Waals surface area (Å²) in [4.78, 5) is 12.3. The Morgan fingerprint density at radius 3 is 2.82 bits per heavy atom. The van der Waals surface area contributed by atoms with Crippen molar-refractivity contribution in [2.75, 3.05) is 19.0 Å². The second kappa shape index (κ2) is 8.81. The molecule has 1 heterocycles. The lowest BCUT2D eigenvalue weighted by molar-refractivity contribution is -0.118. The number of rotatable bonds is 8. The van der Waals surface area contributed by atoms with Gasteiger partial charge in [-0.15, -0.1) is 11.7 Å². The van der Waals surface area contributed by atoms with Crippen LogP contribution in [0, 0.1) is 6.92 Å². The first-order chi connectivity index (χ1) is 13.6. The molecule has 0 unspecified atom stereocenters. The molecule has 1 aromatic heterocycles. The molecule has 0 fully saturated rings. The van der Waals surface area contributed by atoms with Gasteiger partial charge >= 0.3 is 0 Å². The highest BCUT2D eigenvalue weighted by molar-refractivity contribution is 5.92. The molecule has 1 amide bonds. The van der Waals surface area contributed by atoms with Gasteiger partial charge in [-0.3, -0.25) is 4.79 Å². The number of anilines is 1. The number of allylic oxidation sites excluding steroid dienone is 1. The Kier molecular flexibility index (Phi) is 6.01. The second-order valence-electron chi connectivity index (χ2n) is 6.00. The van der Waals surface area contributed by atoms with Crippen molar-refractivity contribution in [1.82, 2.24) is 20.2 Å². The molecular weight excluding hydrogens is 358 g/mol. The van der Waals surface area contributed by atoms with E-state index in [0.29, 0.717) is 23.0 Å².